The summed E-state index contributed by atoms with van der Waals surface area (Å²) in [4.78, 5) is 12.2. The molecule has 0 bridgehead atoms. The van der Waals surface area contributed by atoms with Crippen molar-refractivity contribution in [2.45, 2.75) is 37.9 Å². The van der Waals surface area contributed by atoms with Gasteiger partial charge in [0.05, 0.1) is 25.0 Å². The number of sulfonamides is 1. The fraction of sp³-hybridized carbons (Fsp3) is 0.529. The van der Waals surface area contributed by atoms with Crippen LogP contribution in [0.1, 0.15) is 47.1 Å². The van der Waals surface area contributed by atoms with E-state index in [0.29, 0.717) is 24.3 Å². The number of aromatic nitrogens is 2. The quantitative estimate of drug-likeness (QED) is 0.696. The van der Waals surface area contributed by atoms with Gasteiger partial charge in [0.2, 0.25) is 10.0 Å². The maximum Gasteiger partial charge on any atom is 0.390 e. The molecule has 1 aliphatic rings. The molecule has 1 amide bonds. The van der Waals surface area contributed by atoms with Gasteiger partial charge in [-0.05, 0) is 31.0 Å². The van der Waals surface area contributed by atoms with Gasteiger partial charge in [0.25, 0.3) is 5.91 Å². The van der Waals surface area contributed by atoms with Gasteiger partial charge in [-0.1, -0.05) is 0 Å². The summed E-state index contributed by atoms with van der Waals surface area (Å²) < 4.78 is 67.3. The number of carbonyl (C=O) groups excluding carboxylic acids is 1. The van der Waals surface area contributed by atoms with Crippen molar-refractivity contribution >= 4 is 15.9 Å². The van der Waals surface area contributed by atoms with E-state index in [1.165, 1.54) is 6.26 Å². The van der Waals surface area contributed by atoms with Gasteiger partial charge < -0.3 is 9.73 Å². The summed E-state index contributed by atoms with van der Waals surface area (Å²) in [6.45, 7) is 0.482. The number of alkyl halides is 3. The molecule has 3 rings (SSSR count). The molecule has 12 heteroatoms. The zero-order chi connectivity index (χ0) is 21.1. The number of rotatable bonds is 7. The lowest BCUT2D eigenvalue weighted by molar-refractivity contribution is -0.130. The number of hydrogen-bond acceptors (Lipinski definition) is 5. The van der Waals surface area contributed by atoms with Crippen molar-refractivity contribution < 1.29 is 30.8 Å². The zero-order valence-electron chi connectivity index (χ0n) is 15.4. The Morgan fingerprint density at radius 1 is 1.34 bits per heavy atom. The number of hydrogen-bond donors (Lipinski definition) is 2. The molecule has 160 valence electrons. The Labute approximate surface area is 165 Å². The Morgan fingerprint density at radius 3 is 2.69 bits per heavy atom. The smallest absolute Gasteiger partial charge is 0.390 e. The number of carbonyl (C=O) groups is 1. The van der Waals surface area contributed by atoms with Gasteiger partial charge in [-0.15, -0.1) is 0 Å². The molecule has 0 saturated carbocycles. The number of halogens is 3. The normalized spacial score (nSPS) is 16.8. The summed E-state index contributed by atoms with van der Waals surface area (Å²) in [5, 5.41) is 9.46. The van der Waals surface area contributed by atoms with Crippen LogP contribution in [0.4, 0.5) is 13.2 Å². The highest BCUT2D eigenvalue weighted by atomic mass is 32.2. The molecule has 1 saturated heterocycles. The average Bonchev–Trinajstić information content (AvgIpc) is 3.36. The molecule has 8 nitrogen and oxygen atoms in total. The molecule has 0 aliphatic carbocycles. The topological polar surface area (TPSA) is 108 Å². The fourth-order valence-corrected chi connectivity index (χ4v) is 4.67. The van der Waals surface area contributed by atoms with Crippen LogP contribution in [0.25, 0.3) is 0 Å². The summed E-state index contributed by atoms with van der Waals surface area (Å²) in [5.74, 6) is -0.766. The molecule has 0 spiro atoms. The molecule has 3 heterocycles. The van der Waals surface area contributed by atoms with Crippen LogP contribution in [-0.4, -0.2) is 53.8 Å². The third-order valence-electron chi connectivity index (χ3n) is 4.76. The number of furan rings is 1. The van der Waals surface area contributed by atoms with Gasteiger partial charge in [-0.2, -0.15) is 18.3 Å². The van der Waals surface area contributed by atoms with Crippen LogP contribution < -0.4 is 5.32 Å². The van der Waals surface area contributed by atoms with Gasteiger partial charge in [0.1, 0.15) is 11.5 Å². The second kappa shape index (κ2) is 8.57. The molecule has 0 atom stereocenters. The van der Waals surface area contributed by atoms with Crippen molar-refractivity contribution in [3.63, 3.8) is 0 Å². The van der Waals surface area contributed by atoms with E-state index in [4.69, 9.17) is 4.42 Å². The first kappa shape index (κ1) is 21.4. The van der Waals surface area contributed by atoms with E-state index in [1.807, 2.05) is 0 Å². The number of nitrogens with zero attached hydrogens (tertiary/aromatic N) is 2. The van der Waals surface area contributed by atoms with Crippen LogP contribution in [0.5, 0.6) is 0 Å². The number of aromatic amines is 1. The van der Waals surface area contributed by atoms with Crippen LogP contribution >= 0.6 is 0 Å². The summed E-state index contributed by atoms with van der Waals surface area (Å²) >= 11 is 0. The molecule has 2 aromatic heterocycles. The number of nitrogens with one attached hydrogen (secondary N) is 2. The number of H-pyrrole nitrogens is 1. The standard InChI is InChI=1S/C17H21F3N4O4S/c18-17(19,20)5-9-29(26,27)24-6-3-12(4-7-24)14-10-15(23-22-14)16(25)21-11-13-2-1-8-28-13/h1-2,8,10,12H,3-7,9,11H2,(H,21,25)(H,22,23). The molecule has 1 fully saturated rings. The summed E-state index contributed by atoms with van der Waals surface area (Å²) in [7, 11) is -3.94. The van der Waals surface area contributed by atoms with E-state index in [-0.39, 0.29) is 37.2 Å². The molecule has 0 unspecified atom stereocenters. The third kappa shape index (κ3) is 5.82. The number of piperidine rings is 1. The second-order valence-corrected chi connectivity index (χ2v) is 8.91. The Morgan fingerprint density at radius 2 is 2.07 bits per heavy atom. The van der Waals surface area contributed by atoms with Gasteiger partial charge in [0.15, 0.2) is 0 Å². The number of amides is 1. The predicted octanol–water partition coefficient (Wildman–Crippen LogP) is 2.39. The van der Waals surface area contributed by atoms with Crippen LogP contribution in [0.15, 0.2) is 28.9 Å². The van der Waals surface area contributed by atoms with Crippen molar-refractivity contribution in [3.8, 4) is 0 Å². The van der Waals surface area contributed by atoms with E-state index in [1.54, 1.807) is 18.2 Å². The molecule has 2 aromatic rings. The van der Waals surface area contributed by atoms with Crippen LogP contribution in [-0.2, 0) is 16.6 Å². The minimum atomic E-state index is -4.50. The lowest BCUT2D eigenvalue weighted by atomic mass is 9.94. The first-order chi connectivity index (χ1) is 13.6. The van der Waals surface area contributed by atoms with Crippen molar-refractivity contribution in [2.75, 3.05) is 18.8 Å². The zero-order valence-corrected chi connectivity index (χ0v) is 16.2. The summed E-state index contributed by atoms with van der Waals surface area (Å²) in [5.41, 5.74) is 0.896. The first-order valence-electron chi connectivity index (χ1n) is 9.04. The molecular weight excluding hydrogens is 413 g/mol. The lowest BCUT2D eigenvalue weighted by Gasteiger charge is -2.30. The van der Waals surface area contributed by atoms with Gasteiger partial charge in [-0.3, -0.25) is 9.89 Å². The Bertz CT molecular complexity index is 917. The van der Waals surface area contributed by atoms with Crippen molar-refractivity contribution in [2.24, 2.45) is 0 Å². The Hall–Kier alpha value is -2.34. The molecule has 2 N–H and O–H groups in total. The monoisotopic (exact) mass is 434 g/mol. The lowest BCUT2D eigenvalue weighted by Crippen LogP contribution is -2.40. The maximum atomic E-state index is 12.3. The molecule has 0 aromatic carbocycles. The van der Waals surface area contributed by atoms with E-state index in [2.05, 4.69) is 15.5 Å². The molecular formula is C17H21F3N4O4S. The van der Waals surface area contributed by atoms with Crippen molar-refractivity contribution in [1.29, 1.82) is 0 Å². The fourth-order valence-electron chi connectivity index (χ4n) is 3.15. The second-order valence-electron chi connectivity index (χ2n) is 6.83. The summed E-state index contributed by atoms with van der Waals surface area (Å²) in [6.07, 6.45) is -3.49. The highest BCUT2D eigenvalue weighted by Crippen LogP contribution is 2.29. The van der Waals surface area contributed by atoms with E-state index in [0.717, 1.165) is 4.31 Å². The van der Waals surface area contributed by atoms with E-state index >= 15 is 0 Å². The largest absolute Gasteiger partial charge is 0.467 e. The molecule has 1 aliphatic heterocycles. The van der Waals surface area contributed by atoms with Gasteiger partial charge in [-0.25, -0.2) is 12.7 Å². The van der Waals surface area contributed by atoms with E-state index < -0.39 is 28.4 Å². The average molecular weight is 434 g/mol. The van der Waals surface area contributed by atoms with E-state index in [9.17, 15) is 26.4 Å². The van der Waals surface area contributed by atoms with Crippen LogP contribution in [0, 0.1) is 0 Å². The maximum absolute atomic E-state index is 12.3. The Balaban J connectivity index is 1.51. The predicted molar refractivity (Wildman–Crippen MR) is 96.5 cm³/mol. The van der Waals surface area contributed by atoms with Crippen LogP contribution in [0.3, 0.4) is 0 Å². The summed E-state index contributed by atoms with van der Waals surface area (Å²) in [6, 6.07) is 5.05. The Kier molecular flexibility index (Phi) is 6.32. The van der Waals surface area contributed by atoms with Crippen LogP contribution in [0.2, 0.25) is 0 Å². The van der Waals surface area contributed by atoms with Crippen molar-refractivity contribution in [3.05, 3.63) is 41.6 Å². The minimum absolute atomic E-state index is 0.0526. The third-order valence-corrected chi connectivity index (χ3v) is 6.64. The highest BCUT2D eigenvalue weighted by molar-refractivity contribution is 7.89. The molecule has 0 radical (unpaired) electrons. The SMILES string of the molecule is O=C(NCc1ccco1)c1cc(C2CCN(S(=O)(=O)CCC(F)(F)F)CC2)[nH]n1. The molecule has 29 heavy (non-hydrogen) atoms. The van der Waals surface area contributed by atoms with Crippen molar-refractivity contribution in [1.82, 2.24) is 19.8 Å². The highest BCUT2D eigenvalue weighted by Gasteiger charge is 2.34. The minimum Gasteiger partial charge on any atom is -0.467 e. The van der Waals surface area contributed by atoms with Gasteiger partial charge in [0, 0.05) is 24.7 Å². The first-order valence-corrected chi connectivity index (χ1v) is 10.7. The van der Waals surface area contributed by atoms with Gasteiger partial charge >= 0.3 is 6.18 Å².